The van der Waals surface area contributed by atoms with Crippen LogP contribution in [-0.2, 0) is 5.41 Å². The fourth-order valence-corrected chi connectivity index (χ4v) is 2.79. The molecule has 2 heterocycles. The van der Waals surface area contributed by atoms with Crippen LogP contribution in [0.15, 0.2) is 40.2 Å². The Morgan fingerprint density at radius 3 is 2.23 bits per heavy atom. The highest BCUT2D eigenvalue weighted by Crippen LogP contribution is 2.22. The number of aromatic nitrogens is 4. The first-order chi connectivity index (χ1) is 12.3. The average Bonchev–Trinajstić information content (AvgIpc) is 3.03. The van der Waals surface area contributed by atoms with Crippen LogP contribution in [0.1, 0.15) is 37.7 Å². The van der Waals surface area contributed by atoms with Gasteiger partial charge in [-0.2, -0.15) is 0 Å². The Morgan fingerprint density at radius 1 is 1.00 bits per heavy atom. The number of halogens is 1. The fourth-order valence-electron chi connectivity index (χ4n) is 2.60. The van der Waals surface area contributed by atoms with E-state index in [0.717, 1.165) is 5.69 Å². The number of nitrogens with one attached hydrogen (secondary N) is 3. The summed E-state index contributed by atoms with van der Waals surface area (Å²) in [6.07, 6.45) is 4.68. The summed E-state index contributed by atoms with van der Waals surface area (Å²) in [5.41, 5.74) is 1.14. The lowest BCUT2D eigenvalue weighted by Crippen LogP contribution is -2.46. The van der Waals surface area contributed by atoms with Crippen molar-refractivity contribution in [1.29, 1.82) is 0 Å². The van der Waals surface area contributed by atoms with Crippen molar-refractivity contribution >= 4 is 23.8 Å². The molecule has 0 aliphatic heterocycles. The highest BCUT2D eigenvalue weighted by Gasteiger charge is 2.19. The van der Waals surface area contributed by atoms with Crippen molar-refractivity contribution in [2.75, 3.05) is 0 Å². The lowest BCUT2D eigenvalue weighted by Gasteiger charge is -2.16. The number of hydrogen-bond donors (Lipinski definition) is 3. The number of benzene rings is 1. The average molecular weight is 371 g/mol. The van der Waals surface area contributed by atoms with E-state index < -0.39 is 11.1 Å². The van der Waals surface area contributed by atoms with Crippen molar-refractivity contribution in [3.63, 3.8) is 0 Å². The summed E-state index contributed by atoms with van der Waals surface area (Å²) in [6, 6.07) is 7.08. The summed E-state index contributed by atoms with van der Waals surface area (Å²) in [4.78, 5) is 37.3. The van der Waals surface area contributed by atoms with Gasteiger partial charge in [-0.05, 0) is 23.8 Å². The third-order valence-electron chi connectivity index (χ3n) is 3.89. The molecule has 7 heteroatoms. The maximum Gasteiger partial charge on any atom is 0.272 e. The summed E-state index contributed by atoms with van der Waals surface area (Å²) in [5, 5.41) is 0.775. The molecule has 0 unspecified atom stereocenters. The maximum absolute atomic E-state index is 12.4. The van der Waals surface area contributed by atoms with Gasteiger partial charge < -0.3 is 15.0 Å². The topological polar surface area (TPSA) is 94.4 Å². The zero-order valence-corrected chi connectivity index (χ0v) is 15.4. The van der Waals surface area contributed by atoms with Crippen LogP contribution in [0.2, 0.25) is 5.02 Å². The number of H-pyrrole nitrogens is 3. The third kappa shape index (κ3) is 3.70. The fraction of sp³-hybridized carbons (Fsp3) is 0.211. The zero-order chi connectivity index (χ0) is 18.9. The van der Waals surface area contributed by atoms with E-state index in [2.05, 4.69) is 19.9 Å². The lowest BCUT2D eigenvalue weighted by molar-refractivity contribution is 0.571. The van der Waals surface area contributed by atoms with Crippen LogP contribution in [-0.4, -0.2) is 19.9 Å². The SMILES string of the molecule is CC(C)(C)c1[nH]cnc1/C=c1\[nH]c(=O)/c(=C/c2ccccc2Cl)[nH]c1=O. The quantitative estimate of drug-likeness (QED) is 0.636. The summed E-state index contributed by atoms with van der Waals surface area (Å²) < 4.78 is 0. The monoisotopic (exact) mass is 370 g/mol. The van der Waals surface area contributed by atoms with E-state index in [-0.39, 0.29) is 16.1 Å². The molecule has 1 aromatic carbocycles. The van der Waals surface area contributed by atoms with Gasteiger partial charge >= 0.3 is 0 Å². The van der Waals surface area contributed by atoms with Crippen molar-refractivity contribution in [2.45, 2.75) is 26.2 Å². The molecule has 26 heavy (non-hydrogen) atoms. The molecule has 6 nitrogen and oxygen atoms in total. The normalized spacial score (nSPS) is 13.4. The second-order valence-corrected chi connectivity index (χ2v) is 7.37. The minimum absolute atomic E-state index is 0.137. The second kappa shape index (κ2) is 6.80. The Labute approximate surface area is 154 Å². The summed E-state index contributed by atoms with van der Waals surface area (Å²) in [7, 11) is 0. The molecule has 3 rings (SSSR count). The first-order valence-corrected chi connectivity index (χ1v) is 8.48. The van der Waals surface area contributed by atoms with Crippen molar-refractivity contribution in [3.8, 4) is 0 Å². The zero-order valence-electron chi connectivity index (χ0n) is 14.7. The largest absolute Gasteiger partial charge is 0.348 e. The Bertz CT molecular complexity index is 1180. The number of nitrogens with zero attached hydrogens (tertiary/aromatic N) is 1. The number of aromatic amines is 3. The molecule has 0 bridgehead atoms. The van der Waals surface area contributed by atoms with Gasteiger partial charge in [0.2, 0.25) is 0 Å². The van der Waals surface area contributed by atoms with Gasteiger partial charge in [-0.15, -0.1) is 0 Å². The first-order valence-electron chi connectivity index (χ1n) is 8.10. The van der Waals surface area contributed by atoms with Crippen LogP contribution in [0.4, 0.5) is 0 Å². The van der Waals surface area contributed by atoms with Gasteiger partial charge in [0.05, 0.1) is 12.0 Å². The van der Waals surface area contributed by atoms with E-state index in [0.29, 0.717) is 16.3 Å². The molecule has 0 aliphatic rings. The molecule has 0 spiro atoms. The van der Waals surface area contributed by atoms with Gasteiger partial charge in [0.25, 0.3) is 11.1 Å². The van der Waals surface area contributed by atoms with E-state index in [1.807, 2.05) is 20.8 Å². The van der Waals surface area contributed by atoms with Crippen LogP contribution >= 0.6 is 11.6 Å². The Hall–Kier alpha value is -2.86. The van der Waals surface area contributed by atoms with E-state index in [9.17, 15) is 9.59 Å². The predicted molar refractivity (Wildman–Crippen MR) is 103 cm³/mol. The molecule has 0 fully saturated rings. The lowest BCUT2D eigenvalue weighted by atomic mass is 9.90. The minimum atomic E-state index is -0.413. The molecule has 0 atom stereocenters. The van der Waals surface area contributed by atoms with Crippen LogP contribution in [0.3, 0.4) is 0 Å². The van der Waals surface area contributed by atoms with E-state index in [4.69, 9.17) is 11.6 Å². The molecule has 0 radical (unpaired) electrons. The van der Waals surface area contributed by atoms with Crippen molar-refractivity contribution in [1.82, 2.24) is 19.9 Å². The van der Waals surface area contributed by atoms with Crippen molar-refractivity contribution < 1.29 is 0 Å². The van der Waals surface area contributed by atoms with Gasteiger partial charge in [-0.1, -0.05) is 50.6 Å². The van der Waals surface area contributed by atoms with E-state index >= 15 is 0 Å². The van der Waals surface area contributed by atoms with E-state index in [1.165, 1.54) is 0 Å². The number of rotatable bonds is 2. The predicted octanol–water partition coefficient (Wildman–Crippen LogP) is 1.39. The molecule has 2 aromatic heterocycles. The molecule has 3 N–H and O–H groups in total. The molecular weight excluding hydrogens is 352 g/mol. The van der Waals surface area contributed by atoms with E-state index in [1.54, 1.807) is 42.7 Å². The number of hydrogen-bond acceptors (Lipinski definition) is 3. The molecular formula is C19H19ClN4O2. The number of imidazole rings is 1. The maximum atomic E-state index is 12.4. The van der Waals surface area contributed by atoms with Crippen molar-refractivity contribution in [3.05, 3.63) is 84.0 Å². The molecule has 0 saturated heterocycles. The van der Waals surface area contributed by atoms with Gasteiger partial charge in [0, 0.05) is 16.1 Å². The van der Waals surface area contributed by atoms with Crippen LogP contribution in [0, 0.1) is 0 Å². The molecule has 0 aliphatic carbocycles. The summed E-state index contributed by atoms with van der Waals surface area (Å²) in [6.45, 7) is 6.10. The minimum Gasteiger partial charge on any atom is -0.348 e. The summed E-state index contributed by atoms with van der Waals surface area (Å²) >= 11 is 6.10. The molecule has 3 aromatic rings. The molecule has 0 amide bonds. The Kier molecular flexibility index (Phi) is 4.70. The molecule has 134 valence electrons. The van der Waals surface area contributed by atoms with Crippen LogP contribution in [0.5, 0.6) is 0 Å². The Balaban J connectivity index is 2.16. The Morgan fingerprint density at radius 2 is 1.62 bits per heavy atom. The molecule has 0 saturated carbocycles. The van der Waals surface area contributed by atoms with Gasteiger partial charge in [0.1, 0.15) is 10.7 Å². The van der Waals surface area contributed by atoms with Gasteiger partial charge in [-0.25, -0.2) is 4.98 Å². The standard InChI is InChI=1S/C19H19ClN4O2/c1-19(2,3)16-13(21-10-22-16)9-15-18(26)23-14(17(25)24-15)8-11-6-4-5-7-12(11)20/h4-10H,1-3H3,(H,21,22)(H,23,26)(H,24,25)/b14-8-,15-9-. The van der Waals surface area contributed by atoms with Crippen molar-refractivity contribution in [2.24, 2.45) is 0 Å². The summed E-state index contributed by atoms with van der Waals surface area (Å²) in [5.74, 6) is 0. The second-order valence-electron chi connectivity index (χ2n) is 6.96. The highest BCUT2D eigenvalue weighted by atomic mass is 35.5. The van der Waals surface area contributed by atoms with Crippen LogP contribution in [0.25, 0.3) is 12.2 Å². The van der Waals surface area contributed by atoms with Gasteiger partial charge in [-0.3, -0.25) is 9.59 Å². The smallest absolute Gasteiger partial charge is 0.272 e. The first kappa shape index (κ1) is 17.9. The van der Waals surface area contributed by atoms with Crippen LogP contribution < -0.4 is 21.8 Å². The third-order valence-corrected chi connectivity index (χ3v) is 4.23. The highest BCUT2D eigenvalue weighted by molar-refractivity contribution is 6.32. The van der Waals surface area contributed by atoms with Gasteiger partial charge in [0.15, 0.2) is 0 Å².